The van der Waals surface area contributed by atoms with E-state index in [9.17, 15) is 18.3 Å². The van der Waals surface area contributed by atoms with Crippen molar-refractivity contribution in [1.82, 2.24) is 10.1 Å². The molecular weight excluding hydrogens is 301 g/mol. The summed E-state index contributed by atoms with van der Waals surface area (Å²) < 4.78 is 44.9. The molecular formula is C11H8ClF3N2O3. The van der Waals surface area contributed by atoms with Gasteiger partial charge in [-0.1, -0.05) is 16.8 Å². The van der Waals surface area contributed by atoms with Crippen LogP contribution in [0.25, 0.3) is 11.5 Å². The van der Waals surface area contributed by atoms with E-state index in [2.05, 4.69) is 14.9 Å². The van der Waals surface area contributed by atoms with Crippen molar-refractivity contribution in [2.24, 2.45) is 0 Å². The molecule has 0 amide bonds. The molecule has 1 heterocycles. The Labute approximate surface area is 115 Å². The molecule has 0 aliphatic carbocycles. The van der Waals surface area contributed by atoms with Crippen LogP contribution < -0.4 is 0 Å². The molecule has 0 saturated heterocycles. The van der Waals surface area contributed by atoms with Crippen molar-refractivity contribution in [3.05, 3.63) is 29.0 Å². The van der Waals surface area contributed by atoms with Crippen LogP contribution in [-0.2, 0) is 11.3 Å². The predicted octanol–water partition coefficient (Wildman–Crippen LogP) is 3.17. The highest BCUT2D eigenvalue weighted by Gasteiger charge is 2.27. The summed E-state index contributed by atoms with van der Waals surface area (Å²) in [6, 6.07) is 4.23. The van der Waals surface area contributed by atoms with E-state index in [1.807, 2.05) is 0 Å². The molecule has 9 heteroatoms. The average molecular weight is 309 g/mol. The summed E-state index contributed by atoms with van der Waals surface area (Å²) in [5.74, 6) is -0.271. The highest BCUT2D eigenvalue weighted by molar-refractivity contribution is 6.30. The lowest BCUT2D eigenvalue weighted by Crippen LogP contribution is -2.16. The Balaban J connectivity index is 2.05. The lowest BCUT2D eigenvalue weighted by atomic mass is 10.2. The molecule has 0 fully saturated rings. The third-order valence-corrected chi connectivity index (χ3v) is 2.39. The fraction of sp³-hybridized carbons (Fsp3) is 0.273. The molecule has 108 valence electrons. The van der Waals surface area contributed by atoms with Crippen LogP contribution in [0.1, 0.15) is 5.82 Å². The van der Waals surface area contributed by atoms with Crippen LogP contribution in [0.15, 0.2) is 22.7 Å². The van der Waals surface area contributed by atoms with Crippen LogP contribution in [-0.4, -0.2) is 28.0 Å². The normalized spacial score (nSPS) is 11.8. The van der Waals surface area contributed by atoms with E-state index in [1.165, 1.54) is 18.2 Å². The molecule has 0 aliphatic heterocycles. The van der Waals surface area contributed by atoms with Gasteiger partial charge in [0.05, 0.1) is 5.56 Å². The van der Waals surface area contributed by atoms with Gasteiger partial charge in [-0.3, -0.25) is 0 Å². The number of aromatic nitrogens is 2. The number of phenols is 1. The van der Waals surface area contributed by atoms with Gasteiger partial charge in [-0.15, -0.1) is 0 Å². The van der Waals surface area contributed by atoms with E-state index in [0.29, 0.717) is 5.02 Å². The summed E-state index contributed by atoms with van der Waals surface area (Å²) in [5.41, 5.74) is 0.226. The number of ether oxygens (including phenoxy) is 1. The Morgan fingerprint density at radius 2 is 2.10 bits per heavy atom. The van der Waals surface area contributed by atoms with Crippen molar-refractivity contribution in [2.75, 3.05) is 6.61 Å². The Morgan fingerprint density at radius 3 is 2.75 bits per heavy atom. The van der Waals surface area contributed by atoms with Gasteiger partial charge in [-0.05, 0) is 18.2 Å². The second-order valence-corrected chi connectivity index (χ2v) is 4.22. The van der Waals surface area contributed by atoms with Gasteiger partial charge >= 0.3 is 6.18 Å². The molecule has 1 aromatic carbocycles. The summed E-state index contributed by atoms with van der Waals surface area (Å²) in [6.45, 7) is -1.85. The summed E-state index contributed by atoms with van der Waals surface area (Å²) in [4.78, 5) is 3.82. The van der Waals surface area contributed by atoms with E-state index in [1.54, 1.807) is 0 Å². The minimum atomic E-state index is -4.42. The van der Waals surface area contributed by atoms with Gasteiger partial charge in [0.15, 0.2) is 5.82 Å². The van der Waals surface area contributed by atoms with Gasteiger partial charge in [0.25, 0.3) is 5.89 Å². The molecule has 0 atom stereocenters. The highest BCUT2D eigenvalue weighted by Crippen LogP contribution is 2.30. The maximum absolute atomic E-state index is 11.9. The monoisotopic (exact) mass is 308 g/mol. The van der Waals surface area contributed by atoms with Crippen molar-refractivity contribution in [3.63, 3.8) is 0 Å². The summed E-state index contributed by atoms with van der Waals surface area (Å²) in [7, 11) is 0. The number of alkyl halides is 3. The Morgan fingerprint density at radius 1 is 1.35 bits per heavy atom. The van der Waals surface area contributed by atoms with Crippen LogP contribution >= 0.6 is 11.6 Å². The van der Waals surface area contributed by atoms with Gasteiger partial charge in [-0.2, -0.15) is 18.2 Å². The molecule has 2 aromatic rings. The predicted molar refractivity (Wildman–Crippen MR) is 62.1 cm³/mol. The lowest BCUT2D eigenvalue weighted by Gasteiger charge is -2.04. The van der Waals surface area contributed by atoms with Gasteiger partial charge in [0.1, 0.15) is 19.0 Å². The van der Waals surface area contributed by atoms with Crippen molar-refractivity contribution in [1.29, 1.82) is 0 Å². The van der Waals surface area contributed by atoms with Crippen molar-refractivity contribution >= 4 is 11.6 Å². The fourth-order valence-corrected chi connectivity index (χ4v) is 1.53. The molecule has 0 unspecified atom stereocenters. The van der Waals surface area contributed by atoms with Gasteiger partial charge in [-0.25, -0.2) is 0 Å². The van der Waals surface area contributed by atoms with Crippen molar-refractivity contribution < 1.29 is 27.5 Å². The molecule has 1 N–H and O–H groups in total. The maximum atomic E-state index is 11.9. The molecule has 0 bridgehead atoms. The van der Waals surface area contributed by atoms with E-state index in [4.69, 9.17) is 16.1 Å². The van der Waals surface area contributed by atoms with Crippen LogP contribution in [0.2, 0.25) is 5.02 Å². The first kappa shape index (κ1) is 14.6. The topological polar surface area (TPSA) is 68.4 Å². The Hall–Kier alpha value is -1.80. The number of hydrogen-bond acceptors (Lipinski definition) is 5. The van der Waals surface area contributed by atoms with E-state index < -0.39 is 19.4 Å². The second-order valence-electron chi connectivity index (χ2n) is 3.79. The largest absolute Gasteiger partial charge is 0.507 e. The lowest BCUT2D eigenvalue weighted by molar-refractivity contribution is -0.177. The number of hydrogen-bond donors (Lipinski definition) is 1. The molecule has 0 saturated carbocycles. The molecule has 20 heavy (non-hydrogen) atoms. The number of aromatic hydroxyl groups is 1. The third kappa shape index (κ3) is 3.84. The average Bonchev–Trinajstić information content (AvgIpc) is 2.75. The first-order valence-corrected chi connectivity index (χ1v) is 5.69. The zero-order valence-electron chi connectivity index (χ0n) is 9.82. The highest BCUT2D eigenvalue weighted by atomic mass is 35.5. The zero-order valence-corrected chi connectivity index (χ0v) is 10.6. The summed E-state index contributed by atoms with van der Waals surface area (Å²) in [5, 5.41) is 13.4. The van der Waals surface area contributed by atoms with Crippen molar-refractivity contribution in [3.8, 4) is 17.2 Å². The Bertz CT molecular complexity index is 601. The molecule has 0 radical (unpaired) electrons. The SMILES string of the molecule is Oc1cc(Cl)ccc1-c1nc(COCC(F)(F)F)no1. The number of phenolic OH excluding ortho intramolecular Hbond substituents is 1. The van der Waals surface area contributed by atoms with Crippen LogP contribution in [0.5, 0.6) is 5.75 Å². The number of halogens is 4. The minimum Gasteiger partial charge on any atom is -0.507 e. The third-order valence-electron chi connectivity index (χ3n) is 2.16. The van der Waals surface area contributed by atoms with Crippen LogP contribution in [0.4, 0.5) is 13.2 Å². The smallest absolute Gasteiger partial charge is 0.411 e. The molecule has 0 aliphatic rings. The standard InChI is InChI=1S/C11H8ClF3N2O3/c12-6-1-2-7(8(18)3-6)10-16-9(17-20-10)4-19-5-11(13,14)15/h1-3,18H,4-5H2. The molecule has 1 aromatic heterocycles. The number of benzene rings is 1. The van der Waals surface area contributed by atoms with Gasteiger partial charge < -0.3 is 14.4 Å². The van der Waals surface area contributed by atoms with Crippen molar-refractivity contribution in [2.45, 2.75) is 12.8 Å². The van der Waals surface area contributed by atoms with Gasteiger partial charge in [0, 0.05) is 5.02 Å². The first-order chi connectivity index (χ1) is 9.35. The number of rotatable bonds is 4. The van der Waals surface area contributed by atoms with E-state index in [0.717, 1.165) is 0 Å². The number of nitrogens with zero attached hydrogens (tertiary/aromatic N) is 2. The molecule has 0 spiro atoms. The Kier molecular flexibility index (Phi) is 4.15. The first-order valence-electron chi connectivity index (χ1n) is 5.31. The van der Waals surface area contributed by atoms with Gasteiger partial charge in [0.2, 0.25) is 0 Å². The fourth-order valence-electron chi connectivity index (χ4n) is 1.37. The van der Waals surface area contributed by atoms with E-state index >= 15 is 0 Å². The second kappa shape index (κ2) is 5.68. The van der Waals surface area contributed by atoms with Crippen LogP contribution in [0, 0.1) is 0 Å². The molecule has 5 nitrogen and oxygen atoms in total. The summed E-state index contributed by atoms with van der Waals surface area (Å²) in [6.07, 6.45) is -4.42. The quantitative estimate of drug-likeness (QED) is 0.939. The molecule has 2 rings (SSSR count). The van der Waals surface area contributed by atoms with Crippen LogP contribution in [0.3, 0.4) is 0 Å². The van der Waals surface area contributed by atoms with E-state index in [-0.39, 0.29) is 23.0 Å². The maximum Gasteiger partial charge on any atom is 0.411 e. The minimum absolute atomic E-state index is 0.0372. The summed E-state index contributed by atoms with van der Waals surface area (Å²) >= 11 is 5.67. The zero-order chi connectivity index (χ0) is 14.8.